The molecule has 1 saturated heterocycles. The minimum absolute atomic E-state index is 0.0355. The third-order valence-electron chi connectivity index (χ3n) is 3.21. The van der Waals surface area contributed by atoms with Crippen LogP contribution in [0.15, 0.2) is 24.3 Å². The molecule has 0 atom stereocenters. The van der Waals surface area contributed by atoms with Crippen LogP contribution in [0.1, 0.15) is 12.8 Å². The van der Waals surface area contributed by atoms with Gasteiger partial charge in [-0.25, -0.2) is 4.79 Å². The van der Waals surface area contributed by atoms with Gasteiger partial charge in [0.25, 0.3) is 0 Å². The first-order valence-electron chi connectivity index (χ1n) is 6.45. The van der Waals surface area contributed by atoms with Gasteiger partial charge in [0.1, 0.15) is 0 Å². The highest BCUT2D eigenvalue weighted by Crippen LogP contribution is 2.21. The van der Waals surface area contributed by atoms with Crippen molar-refractivity contribution in [2.24, 2.45) is 0 Å². The van der Waals surface area contributed by atoms with E-state index in [1.807, 2.05) is 24.3 Å². The number of urea groups is 1. The van der Waals surface area contributed by atoms with E-state index >= 15 is 0 Å². The average molecular weight is 276 g/mol. The van der Waals surface area contributed by atoms with Gasteiger partial charge in [-0.2, -0.15) is 0 Å². The second-order valence-electron chi connectivity index (χ2n) is 4.80. The molecule has 1 heterocycles. The van der Waals surface area contributed by atoms with Crippen LogP contribution >= 0.6 is 12.2 Å². The lowest BCUT2D eigenvalue weighted by Gasteiger charge is -2.15. The molecule has 19 heavy (non-hydrogen) atoms. The summed E-state index contributed by atoms with van der Waals surface area (Å²) in [6.45, 7) is 1.42. The zero-order valence-corrected chi connectivity index (χ0v) is 11.3. The largest absolute Gasteiger partial charge is 0.360 e. The SMILES string of the molecule is O=C1NCCN1c1ccc(NC(=S)NC2CC2)cc1. The zero-order valence-electron chi connectivity index (χ0n) is 10.5. The van der Waals surface area contributed by atoms with Crippen molar-refractivity contribution in [3.63, 3.8) is 0 Å². The fourth-order valence-electron chi connectivity index (χ4n) is 2.02. The summed E-state index contributed by atoms with van der Waals surface area (Å²) < 4.78 is 0. The Morgan fingerprint density at radius 3 is 2.63 bits per heavy atom. The Morgan fingerprint density at radius 1 is 1.32 bits per heavy atom. The molecule has 1 aliphatic carbocycles. The summed E-state index contributed by atoms with van der Waals surface area (Å²) in [6, 6.07) is 8.23. The second-order valence-corrected chi connectivity index (χ2v) is 5.21. The summed E-state index contributed by atoms with van der Waals surface area (Å²) in [5.74, 6) is 0. The van der Waals surface area contributed by atoms with E-state index in [9.17, 15) is 4.79 Å². The molecule has 5 nitrogen and oxygen atoms in total. The minimum Gasteiger partial charge on any atom is -0.360 e. The van der Waals surface area contributed by atoms with Gasteiger partial charge in [-0.05, 0) is 49.3 Å². The molecular weight excluding hydrogens is 260 g/mol. The molecule has 1 aromatic rings. The van der Waals surface area contributed by atoms with Gasteiger partial charge in [-0.1, -0.05) is 0 Å². The molecule has 2 amide bonds. The van der Waals surface area contributed by atoms with Crippen LogP contribution in [-0.4, -0.2) is 30.3 Å². The summed E-state index contributed by atoms with van der Waals surface area (Å²) in [5.41, 5.74) is 1.84. The van der Waals surface area contributed by atoms with Crippen molar-refractivity contribution < 1.29 is 4.79 Å². The number of nitrogens with one attached hydrogen (secondary N) is 3. The molecule has 0 spiro atoms. The third-order valence-corrected chi connectivity index (χ3v) is 3.43. The number of rotatable bonds is 3. The topological polar surface area (TPSA) is 56.4 Å². The quantitative estimate of drug-likeness (QED) is 0.735. The molecular formula is C13H16N4OS. The predicted molar refractivity (Wildman–Crippen MR) is 79.6 cm³/mol. The van der Waals surface area contributed by atoms with E-state index in [4.69, 9.17) is 12.2 Å². The van der Waals surface area contributed by atoms with Crippen molar-refractivity contribution in [1.29, 1.82) is 0 Å². The van der Waals surface area contributed by atoms with Gasteiger partial charge in [0.2, 0.25) is 0 Å². The molecule has 0 radical (unpaired) electrons. The number of thiocarbonyl (C=S) groups is 1. The number of benzene rings is 1. The smallest absolute Gasteiger partial charge is 0.321 e. The van der Waals surface area contributed by atoms with Crippen LogP contribution < -0.4 is 20.9 Å². The number of carbonyl (C=O) groups is 1. The predicted octanol–water partition coefficient (Wildman–Crippen LogP) is 1.66. The highest BCUT2D eigenvalue weighted by atomic mass is 32.1. The van der Waals surface area contributed by atoms with Gasteiger partial charge in [-0.3, -0.25) is 4.90 Å². The van der Waals surface area contributed by atoms with Crippen LogP contribution in [-0.2, 0) is 0 Å². The van der Waals surface area contributed by atoms with Crippen LogP contribution in [0.3, 0.4) is 0 Å². The highest BCUT2D eigenvalue weighted by molar-refractivity contribution is 7.80. The van der Waals surface area contributed by atoms with E-state index in [1.165, 1.54) is 12.8 Å². The monoisotopic (exact) mass is 276 g/mol. The van der Waals surface area contributed by atoms with Crippen LogP contribution in [0.5, 0.6) is 0 Å². The minimum atomic E-state index is -0.0355. The van der Waals surface area contributed by atoms with Crippen molar-refractivity contribution >= 4 is 34.7 Å². The van der Waals surface area contributed by atoms with Gasteiger partial charge >= 0.3 is 6.03 Å². The van der Waals surface area contributed by atoms with E-state index in [1.54, 1.807) is 4.90 Å². The van der Waals surface area contributed by atoms with E-state index in [-0.39, 0.29) is 6.03 Å². The lowest BCUT2D eigenvalue weighted by atomic mass is 10.2. The molecule has 0 unspecified atom stereocenters. The number of hydrogen-bond donors (Lipinski definition) is 3. The normalized spacial score (nSPS) is 18.1. The maximum atomic E-state index is 11.5. The first-order chi connectivity index (χ1) is 9.22. The number of anilines is 2. The first-order valence-corrected chi connectivity index (χ1v) is 6.86. The van der Waals surface area contributed by atoms with Gasteiger partial charge < -0.3 is 16.0 Å². The summed E-state index contributed by atoms with van der Waals surface area (Å²) in [4.78, 5) is 13.3. The second kappa shape index (κ2) is 5.05. The average Bonchev–Trinajstić information content (AvgIpc) is 3.10. The number of hydrogen-bond acceptors (Lipinski definition) is 2. The van der Waals surface area contributed by atoms with Crippen molar-refractivity contribution in [2.75, 3.05) is 23.3 Å². The van der Waals surface area contributed by atoms with Gasteiger partial charge in [-0.15, -0.1) is 0 Å². The molecule has 1 aromatic carbocycles. The van der Waals surface area contributed by atoms with Crippen LogP contribution in [0.2, 0.25) is 0 Å². The fraction of sp³-hybridized carbons (Fsp3) is 0.385. The Morgan fingerprint density at radius 2 is 2.05 bits per heavy atom. The molecule has 0 bridgehead atoms. The summed E-state index contributed by atoms with van der Waals surface area (Å²) >= 11 is 5.21. The Labute approximate surface area is 117 Å². The van der Waals surface area contributed by atoms with Crippen molar-refractivity contribution in [2.45, 2.75) is 18.9 Å². The molecule has 1 aliphatic heterocycles. The van der Waals surface area contributed by atoms with Crippen LogP contribution in [0.4, 0.5) is 16.2 Å². The van der Waals surface area contributed by atoms with Crippen molar-refractivity contribution in [3.05, 3.63) is 24.3 Å². The highest BCUT2D eigenvalue weighted by Gasteiger charge is 2.22. The lowest BCUT2D eigenvalue weighted by Crippen LogP contribution is -2.30. The van der Waals surface area contributed by atoms with E-state index in [2.05, 4.69) is 16.0 Å². The Hall–Kier alpha value is -1.82. The Balaban J connectivity index is 1.61. The molecule has 3 rings (SSSR count). The maximum Gasteiger partial charge on any atom is 0.321 e. The van der Waals surface area contributed by atoms with Gasteiger partial charge in [0, 0.05) is 30.5 Å². The molecule has 1 saturated carbocycles. The van der Waals surface area contributed by atoms with E-state index < -0.39 is 0 Å². The molecule has 0 aromatic heterocycles. The summed E-state index contributed by atoms with van der Waals surface area (Å²) in [7, 11) is 0. The first kappa shape index (κ1) is 12.2. The zero-order chi connectivity index (χ0) is 13.2. The van der Waals surface area contributed by atoms with Crippen molar-refractivity contribution in [1.82, 2.24) is 10.6 Å². The lowest BCUT2D eigenvalue weighted by molar-refractivity contribution is 0.252. The fourth-order valence-corrected chi connectivity index (χ4v) is 2.31. The van der Waals surface area contributed by atoms with Gasteiger partial charge in [0.05, 0.1) is 0 Å². The van der Waals surface area contributed by atoms with E-state index in [0.717, 1.165) is 11.4 Å². The van der Waals surface area contributed by atoms with Crippen LogP contribution in [0, 0.1) is 0 Å². The van der Waals surface area contributed by atoms with Gasteiger partial charge in [0.15, 0.2) is 5.11 Å². The molecule has 2 aliphatic rings. The van der Waals surface area contributed by atoms with E-state index in [0.29, 0.717) is 24.2 Å². The standard InChI is InChI=1S/C13H16N4OS/c18-13-14-7-8-17(13)11-5-3-10(4-6-11)16-12(19)15-9-1-2-9/h3-6,9H,1-2,7-8H2,(H,14,18)(H2,15,16,19). The molecule has 100 valence electrons. The molecule has 2 fully saturated rings. The van der Waals surface area contributed by atoms with Crippen LogP contribution in [0.25, 0.3) is 0 Å². The Kier molecular flexibility index (Phi) is 3.25. The summed E-state index contributed by atoms with van der Waals surface area (Å²) in [6.07, 6.45) is 2.40. The number of nitrogens with zero attached hydrogens (tertiary/aromatic N) is 1. The number of carbonyl (C=O) groups excluding carboxylic acids is 1. The molecule has 3 N–H and O–H groups in total. The third kappa shape index (κ3) is 2.96. The number of amides is 2. The maximum absolute atomic E-state index is 11.5. The Bertz CT molecular complexity index is 498. The molecule has 6 heteroatoms. The summed E-state index contributed by atoms with van der Waals surface area (Å²) in [5, 5.41) is 9.81. The van der Waals surface area contributed by atoms with Crippen molar-refractivity contribution in [3.8, 4) is 0 Å².